The van der Waals surface area contributed by atoms with E-state index in [1.54, 1.807) is 0 Å². The van der Waals surface area contributed by atoms with Gasteiger partial charge in [-0.05, 0) is 32.1 Å². The highest BCUT2D eigenvalue weighted by Crippen LogP contribution is 2.06. The van der Waals surface area contributed by atoms with Crippen LogP contribution in [0, 0.1) is 0 Å². The van der Waals surface area contributed by atoms with E-state index in [0.29, 0.717) is 6.42 Å². The fraction of sp³-hybridized carbons (Fsp3) is 0.643. The molecule has 0 saturated carbocycles. The van der Waals surface area contributed by atoms with Crippen LogP contribution in [0.25, 0.3) is 0 Å². The van der Waals surface area contributed by atoms with Crippen molar-refractivity contribution in [3.63, 3.8) is 0 Å². The van der Waals surface area contributed by atoms with Crippen molar-refractivity contribution < 1.29 is 9.53 Å². The quantitative estimate of drug-likeness (QED) is 0.318. The predicted molar refractivity (Wildman–Crippen MR) is 68.3 cm³/mol. The van der Waals surface area contributed by atoms with E-state index in [9.17, 15) is 4.79 Å². The van der Waals surface area contributed by atoms with Crippen molar-refractivity contribution in [2.24, 2.45) is 0 Å². The van der Waals surface area contributed by atoms with Gasteiger partial charge in [-0.2, -0.15) is 0 Å². The van der Waals surface area contributed by atoms with Gasteiger partial charge in [-0.3, -0.25) is 4.79 Å². The van der Waals surface area contributed by atoms with Crippen molar-refractivity contribution >= 4 is 5.97 Å². The highest BCUT2D eigenvalue weighted by atomic mass is 16.5. The van der Waals surface area contributed by atoms with E-state index in [-0.39, 0.29) is 5.97 Å². The fourth-order valence-electron chi connectivity index (χ4n) is 1.44. The molecule has 0 aromatic rings. The molecule has 0 fully saturated rings. The van der Waals surface area contributed by atoms with Crippen molar-refractivity contribution in [2.75, 3.05) is 7.11 Å². The fourth-order valence-corrected chi connectivity index (χ4v) is 1.44. The molecule has 16 heavy (non-hydrogen) atoms. The molecule has 0 aliphatic heterocycles. The van der Waals surface area contributed by atoms with Crippen LogP contribution < -0.4 is 0 Å². The summed E-state index contributed by atoms with van der Waals surface area (Å²) >= 11 is 0. The van der Waals surface area contributed by atoms with Crippen LogP contribution in [-0.2, 0) is 9.53 Å². The van der Waals surface area contributed by atoms with Crippen LogP contribution in [0.15, 0.2) is 24.8 Å². The highest BCUT2D eigenvalue weighted by Gasteiger charge is 1.95. The van der Waals surface area contributed by atoms with Gasteiger partial charge in [0, 0.05) is 6.42 Å². The second-order valence-electron chi connectivity index (χ2n) is 3.87. The van der Waals surface area contributed by atoms with Crippen LogP contribution in [0.2, 0.25) is 0 Å². The molecule has 0 aliphatic carbocycles. The highest BCUT2D eigenvalue weighted by molar-refractivity contribution is 5.69. The van der Waals surface area contributed by atoms with E-state index in [1.807, 2.05) is 6.08 Å². The minimum Gasteiger partial charge on any atom is -0.469 e. The zero-order valence-electron chi connectivity index (χ0n) is 10.4. The topological polar surface area (TPSA) is 26.3 Å². The van der Waals surface area contributed by atoms with Crippen LogP contribution in [0.4, 0.5) is 0 Å². The molecule has 0 aromatic heterocycles. The van der Waals surface area contributed by atoms with Crippen molar-refractivity contribution in [1.29, 1.82) is 0 Å². The van der Waals surface area contributed by atoms with Crippen LogP contribution in [-0.4, -0.2) is 13.1 Å². The first kappa shape index (κ1) is 14.9. The maximum Gasteiger partial charge on any atom is 0.305 e. The third kappa shape index (κ3) is 11.0. The van der Waals surface area contributed by atoms with Crippen molar-refractivity contribution in [3.05, 3.63) is 24.8 Å². The summed E-state index contributed by atoms with van der Waals surface area (Å²) in [5, 5.41) is 0. The molecule has 2 heteroatoms. The largest absolute Gasteiger partial charge is 0.469 e. The van der Waals surface area contributed by atoms with Gasteiger partial charge in [0.2, 0.25) is 0 Å². The number of carbonyl (C=O) groups excluding carboxylic acids is 1. The first-order valence-electron chi connectivity index (χ1n) is 6.14. The molecule has 0 aromatic carbocycles. The summed E-state index contributed by atoms with van der Waals surface area (Å²) in [6, 6.07) is 0. The van der Waals surface area contributed by atoms with Crippen LogP contribution >= 0.6 is 0 Å². The monoisotopic (exact) mass is 224 g/mol. The normalized spacial score (nSPS) is 10.6. The molecular formula is C14H24O2. The molecule has 92 valence electrons. The summed E-state index contributed by atoms with van der Waals surface area (Å²) in [7, 11) is 1.43. The maximum atomic E-state index is 10.8. The number of methoxy groups -OCH3 is 1. The molecule has 0 N–H and O–H groups in total. The van der Waals surface area contributed by atoms with Crippen LogP contribution in [0.5, 0.6) is 0 Å². The number of ether oxygens (including phenoxy) is 1. The number of carbonyl (C=O) groups is 1. The zero-order chi connectivity index (χ0) is 12.1. The van der Waals surface area contributed by atoms with Crippen molar-refractivity contribution in [3.8, 4) is 0 Å². The summed E-state index contributed by atoms with van der Waals surface area (Å²) in [5.74, 6) is -0.130. The van der Waals surface area contributed by atoms with Gasteiger partial charge in [0.25, 0.3) is 0 Å². The Morgan fingerprint density at radius 3 is 2.31 bits per heavy atom. The molecule has 0 atom stereocenters. The molecule has 0 amide bonds. The number of allylic oxidation sites excluding steroid dienone is 3. The Labute approximate surface area is 99.4 Å². The zero-order valence-corrected chi connectivity index (χ0v) is 10.4. The van der Waals surface area contributed by atoms with Crippen LogP contribution in [0.1, 0.15) is 51.4 Å². The third-order valence-corrected chi connectivity index (χ3v) is 2.44. The lowest BCUT2D eigenvalue weighted by Gasteiger charge is -1.97. The van der Waals surface area contributed by atoms with Gasteiger partial charge >= 0.3 is 5.97 Å². The number of hydrogen-bond donors (Lipinski definition) is 0. The minimum absolute atomic E-state index is 0.130. The van der Waals surface area contributed by atoms with Crippen molar-refractivity contribution in [1.82, 2.24) is 0 Å². The summed E-state index contributed by atoms with van der Waals surface area (Å²) in [6.07, 6.45) is 14.8. The van der Waals surface area contributed by atoms with E-state index in [0.717, 1.165) is 19.3 Å². The first-order chi connectivity index (χ1) is 7.81. The average molecular weight is 224 g/mol. The molecule has 0 bridgehead atoms. The summed E-state index contributed by atoms with van der Waals surface area (Å²) < 4.78 is 4.55. The Hall–Kier alpha value is -1.05. The third-order valence-electron chi connectivity index (χ3n) is 2.44. The number of hydrogen-bond acceptors (Lipinski definition) is 2. The maximum absolute atomic E-state index is 10.8. The molecule has 0 heterocycles. The lowest BCUT2D eigenvalue weighted by atomic mass is 10.1. The SMILES string of the molecule is C=CCCCCCCC=CCCC(=O)OC. The van der Waals surface area contributed by atoms with Gasteiger partial charge in [0.05, 0.1) is 7.11 Å². The average Bonchev–Trinajstić information content (AvgIpc) is 2.31. The number of unbranched alkanes of at least 4 members (excludes halogenated alkanes) is 5. The van der Waals surface area contributed by atoms with E-state index in [4.69, 9.17) is 0 Å². The number of rotatable bonds is 10. The Balaban J connectivity index is 3.15. The molecular weight excluding hydrogens is 200 g/mol. The van der Waals surface area contributed by atoms with E-state index < -0.39 is 0 Å². The second kappa shape index (κ2) is 12.0. The van der Waals surface area contributed by atoms with Gasteiger partial charge in [-0.15, -0.1) is 6.58 Å². The van der Waals surface area contributed by atoms with E-state index in [1.165, 1.54) is 32.8 Å². The molecule has 0 unspecified atom stereocenters. The molecule has 2 nitrogen and oxygen atoms in total. The predicted octanol–water partition coefficient (Wildman–Crippen LogP) is 4.02. The van der Waals surface area contributed by atoms with Gasteiger partial charge < -0.3 is 4.74 Å². The van der Waals surface area contributed by atoms with Gasteiger partial charge in [-0.25, -0.2) is 0 Å². The lowest BCUT2D eigenvalue weighted by molar-refractivity contribution is -0.140. The number of esters is 1. The second-order valence-corrected chi connectivity index (χ2v) is 3.87. The molecule has 0 saturated heterocycles. The van der Waals surface area contributed by atoms with Gasteiger partial charge in [0.15, 0.2) is 0 Å². The Morgan fingerprint density at radius 1 is 1.06 bits per heavy atom. The Kier molecular flexibility index (Phi) is 11.2. The lowest BCUT2D eigenvalue weighted by Crippen LogP contribution is -1.97. The smallest absolute Gasteiger partial charge is 0.305 e. The summed E-state index contributed by atoms with van der Waals surface area (Å²) in [4.78, 5) is 10.8. The standard InChI is InChI=1S/C14H24O2/c1-3-4-5-6-7-8-9-10-11-12-13-14(15)16-2/h3,10-11H,1,4-9,12-13H2,2H3. The van der Waals surface area contributed by atoms with E-state index in [2.05, 4.69) is 23.5 Å². The Bertz CT molecular complexity index is 207. The van der Waals surface area contributed by atoms with Crippen LogP contribution in [0.3, 0.4) is 0 Å². The minimum atomic E-state index is -0.130. The first-order valence-corrected chi connectivity index (χ1v) is 6.14. The van der Waals surface area contributed by atoms with Crippen molar-refractivity contribution in [2.45, 2.75) is 51.4 Å². The summed E-state index contributed by atoms with van der Waals surface area (Å²) in [5.41, 5.74) is 0. The molecule has 0 aliphatic rings. The summed E-state index contributed by atoms with van der Waals surface area (Å²) in [6.45, 7) is 3.70. The molecule has 0 radical (unpaired) electrons. The molecule has 0 spiro atoms. The molecule has 0 rings (SSSR count). The van der Waals surface area contributed by atoms with E-state index >= 15 is 0 Å². The van der Waals surface area contributed by atoms with Gasteiger partial charge in [-0.1, -0.05) is 31.1 Å². The Morgan fingerprint density at radius 2 is 1.69 bits per heavy atom. The van der Waals surface area contributed by atoms with Gasteiger partial charge in [0.1, 0.15) is 0 Å².